The Morgan fingerprint density at radius 3 is 2.30 bits per heavy atom. The Morgan fingerprint density at radius 2 is 1.67 bits per heavy atom. The molecule has 2 amide bonds. The van der Waals surface area contributed by atoms with Crippen molar-refractivity contribution in [2.45, 2.75) is 19.4 Å². The molecule has 2 aromatic carbocycles. The molecule has 0 atom stereocenters. The van der Waals surface area contributed by atoms with Crippen LogP contribution in [0.3, 0.4) is 0 Å². The number of ether oxygens (including phenoxy) is 1. The molecular weight excluding hydrogens is 344 g/mol. The van der Waals surface area contributed by atoms with Gasteiger partial charge in [0.1, 0.15) is 5.41 Å². The van der Waals surface area contributed by atoms with Crippen molar-refractivity contribution >= 4 is 23.5 Å². The summed E-state index contributed by atoms with van der Waals surface area (Å²) in [5.74, 6) is -1.13. The minimum absolute atomic E-state index is 0.209. The van der Waals surface area contributed by atoms with Gasteiger partial charge in [0.2, 0.25) is 11.8 Å². The summed E-state index contributed by atoms with van der Waals surface area (Å²) in [4.78, 5) is 39.2. The standard InChI is InChI=1S/C21H22N2O4/c1-23(14-15-8-4-3-5-9-15)20(26)21(12-13-21)19(25)22-17-11-7-6-10-16(17)18(24)27-2/h3-11H,12-14H2,1-2H3,(H,22,25). The van der Waals surface area contributed by atoms with Crippen LogP contribution in [0.2, 0.25) is 0 Å². The van der Waals surface area contributed by atoms with Crippen molar-refractivity contribution in [2.75, 3.05) is 19.5 Å². The number of nitrogens with one attached hydrogen (secondary N) is 1. The quantitative estimate of drug-likeness (QED) is 0.630. The number of para-hydroxylation sites is 1. The van der Waals surface area contributed by atoms with E-state index in [0.717, 1.165) is 5.56 Å². The minimum Gasteiger partial charge on any atom is -0.465 e. The van der Waals surface area contributed by atoms with E-state index in [0.29, 0.717) is 25.1 Å². The molecule has 0 radical (unpaired) electrons. The molecule has 3 rings (SSSR count). The predicted octanol–water partition coefficient (Wildman–Crippen LogP) is 2.85. The first-order valence-electron chi connectivity index (χ1n) is 8.76. The molecule has 2 aromatic rings. The summed E-state index contributed by atoms with van der Waals surface area (Å²) in [5, 5.41) is 2.74. The third-order valence-corrected chi connectivity index (χ3v) is 4.78. The molecule has 0 aliphatic heterocycles. The molecule has 0 heterocycles. The number of hydrogen-bond donors (Lipinski definition) is 1. The number of amides is 2. The average Bonchev–Trinajstić information content (AvgIpc) is 3.50. The molecule has 0 bridgehead atoms. The molecular formula is C21H22N2O4. The third kappa shape index (κ3) is 3.84. The highest BCUT2D eigenvalue weighted by molar-refractivity contribution is 6.14. The molecule has 0 unspecified atom stereocenters. The smallest absolute Gasteiger partial charge is 0.339 e. The van der Waals surface area contributed by atoms with Crippen LogP contribution in [0.25, 0.3) is 0 Å². The third-order valence-electron chi connectivity index (χ3n) is 4.78. The molecule has 0 spiro atoms. The van der Waals surface area contributed by atoms with Gasteiger partial charge in [0.25, 0.3) is 0 Å². The second-order valence-corrected chi connectivity index (χ2v) is 6.72. The molecule has 1 saturated carbocycles. The summed E-state index contributed by atoms with van der Waals surface area (Å²) in [5.41, 5.74) is 0.543. The van der Waals surface area contributed by atoms with Crippen molar-refractivity contribution in [3.05, 3.63) is 65.7 Å². The molecule has 6 heteroatoms. The summed E-state index contributed by atoms with van der Waals surface area (Å²) in [7, 11) is 2.98. The summed E-state index contributed by atoms with van der Waals surface area (Å²) in [6.07, 6.45) is 0.994. The number of methoxy groups -OCH3 is 1. The highest BCUT2D eigenvalue weighted by atomic mass is 16.5. The van der Waals surface area contributed by atoms with Crippen molar-refractivity contribution in [1.82, 2.24) is 4.90 Å². The van der Waals surface area contributed by atoms with Gasteiger partial charge < -0.3 is 15.0 Å². The van der Waals surface area contributed by atoms with Crippen LogP contribution in [0.15, 0.2) is 54.6 Å². The topological polar surface area (TPSA) is 75.7 Å². The van der Waals surface area contributed by atoms with Gasteiger partial charge in [-0.1, -0.05) is 42.5 Å². The van der Waals surface area contributed by atoms with E-state index in [-0.39, 0.29) is 17.4 Å². The highest BCUT2D eigenvalue weighted by Crippen LogP contribution is 2.48. The largest absolute Gasteiger partial charge is 0.465 e. The van der Waals surface area contributed by atoms with E-state index in [1.165, 1.54) is 7.11 Å². The van der Waals surface area contributed by atoms with Crippen molar-refractivity contribution in [3.8, 4) is 0 Å². The van der Waals surface area contributed by atoms with Crippen molar-refractivity contribution < 1.29 is 19.1 Å². The average molecular weight is 366 g/mol. The first kappa shape index (κ1) is 18.6. The fourth-order valence-corrected chi connectivity index (χ4v) is 3.08. The lowest BCUT2D eigenvalue weighted by atomic mass is 10.0. The fourth-order valence-electron chi connectivity index (χ4n) is 3.08. The Morgan fingerprint density at radius 1 is 1.04 bits per heavy atom. The monoisotopic (exact) mass is 366 g/mol. The molecule has 0 saturated heterocycles. The van der Waals surface area contributed by atoms with Gasteiger partial charge >= 0.3 is 5.97 Å². The number of hydrogen-bond acceptors (Lipinski definition) is 4. The summed E-state index contributed by atoms with van der Waals surface area (Å²) < 4.78 is 4.75. The minimum atomic E-state index is -1.06. The van der Waals surface area contributed by atoms with E-state index >= 15 is 0 Å². The number of carbonyl (C=O) groups excluding carboxylic acids is 3. The second-order valence-electron chi connectivity index (χ2n) is 6.72. The van der Waals surface area contributed by atoms with Gasteiger partial charge in [0.05, 0.1) is 18.4 Å². The summed E-state index contributed by atoms with van der Waals surface area (Å²) in [6.45, 7) is 0.438. The normalized spacial score (nSPS) is 14.1. The Balaban J connectivity index is 1.73. The lowest BCUT2D eigenvalue weighted by molar-refractivity contribution is -0.141. The van der Waals surface area contributed by atoms with Crippen molar-refractivity contribution in [1.29, 1.82) is 0 Å². The van der Waals surface area contributed by atoms with Crippen LogP contribution in [0.4, 0.5) is 5.69 Å². The Labute approximate surface area is 158 Å². The van der Waals surface area contributed by atoms with E-state index in [4.69, 9.17) is 4.74 Å². The molecule has 1 aliphatic rings. The summed E-state index contributed by atoms with van der Waals surface area (Å²) in [6, 6.07) is 16.2. The number of benzene rings is 2. The Kier molecular flexibility index (Phi) is 5.26. The number of anilines is 1. The van der Waals surface area contributed by atoms with E-state index in [1.807, 2.05) is 30.3 Å². The van der Waals surface area contributed by atoms with Gasteiger partial charge in [-0.15, -0.1) is 0 Å². The van der Waals surface area contributed by atoms with Gasteiger partial charge in [0, 0.05) is 13.6 Å². The molecule has 1 N–H and O–H groups in total. The van der Waals surface area contributed by atoms with Gasteiger partial charge in [-0.25, -0.2) is 4.79 Å². The Hall–Kier alpha value is -3.15. The van der Waals surface area contributed by atoms with Crippen LogP contribution in [0, 0.1) is 5.41 Å². The maximum atomic E-state index is 12.9. The number of carbonyl (C=O) groups is 3. The van der Waals surface area contributed by atoms with Crippen LogP contribution in [-0.4, -0.2) is 36.8 Å². The summed E-state index contributed by atoms with van der Waals surface area (Å²) >= 11 is 0. The zero-order chi connectivity index (χ0) is 19.4. The zero-order valence-corrected chi connectivity index (χ0v) is 15.4. The second kappa shape index (κ2) is 7.61. The SMILES string of the molecule is COC(=O)c1ccccc1NC(=O)C1(C(=O)N(C)Cc2ccccc2)CC1. The van der Waals surface area contributed by atoms with Crippen molar-refractivity contribution in [3.63, 3.8) is 0 Å². The van der Waals surface area contributed by atoms with Crippen LogP contribution in [0.5, 0.6) is 0 Å². The van der Waals surface area contributed by atoms with Gasteiger partial charge in [0.15, 0.2) is 0 Å². The molecule has 1 fully saturated rings. The van der Waals surface area contributed by atoms with Crippen LogP contribution in [-0.2, 0) is 20.9 Å². The highest BCUT2D eigenvalue weighted by Gasteiger charge is 2.57. The van der Waals surface area contributed by atoms with Crippen LogP contribution >= 0.6 is 0 Å². The molecule has 1 aliphatic carbocycles. The van der Waals surface area contributed by atoms with E-state index in [9.17, 15) is 14.4 Å². The first-order chi connectivity index (χ1) is 13.0. The van der Waals surface area contributed by atoms with E-state index in [2.05, 4.69) is 5.32 Å². The van der Waals surface area contributed by atoms with E-state index in [1.54, 1.807) is 36.2 Å². The zero-order valence-electron chi connectivity index (χ0n) is 15.4. The van der Waals surface area contributed by atoms with E-state index < -0.39 is 11.4 Å². The maximum absolute atomic E-state index is 12.9. The number of esters is 1. The van der Waals surface area contributed by atoms with Gasteiger partial charge in [-0.2, -0.15) is 0 Å². The fraction of sp³-hybridized carbons (Fsp3) is 0.286. The first-order valence-corrected chi connectivity index (χ1v) is 8.76. The van der Waals surface area contributed by atoms with Gasteiger partial charge in [-0.3, -0.25) is 9.59 Å². The molecule has 0 aromatic heterocycles. The number of nitrogens with zero attached hydrogens (tertiary/aromatic N) is 1. The lowest BCUT2D eigenvalue weighted by Crippen LogP contribution is -2.41. The molecule has 6 nitrogen and oxygen atoms in total. The van der Waals surface area contributed by atoms with Crippen LogP contribution in [0.1, 0.15) is 28.8 Å². The Bertz CT molecular complexity index is 859. The molecule has 140 valence electrons. The number of rotatable bonds is 6. The van der Waals surface area contributed by atoms with Crippen LogP contribution < -0.4 is 5.32 Å². The molecule has 27 heavy (non-hydrogen) atoms. The van der Waals surface area contributed by atoms with Crippen molar-refractivity contribution in [2.24, 2.45) is 5.41 Å². The maximum Gasteiger partial charge on any atom is 0.339 e. The van der Waals surface area contributed by atoms with Gasteiger partial charge in [-0.05, 0) is 30.5 Å². The predicted molar refractivity (Wildman–Crippen MR) is 101 cm³/mol. The lowest BCUT2D eigenvalue weighted by Gasteiger charge is -2.23.